The zero-order valence-electron chi connectivity index (χ0n) is 21.3. The molecule has 3 aromatic rings. The molecule has 2 amide bonds. The second kappa shape index (κ2) is 13.3. The number of hydrogen-bond acceptors (Lipinski definition) is 5. The average molecular weight is 553 g/mol. The van der Waals surface area contributed by atoms with Crippen LogP contribution in [0.25, 0.3) is 0 Å². The fourth-order valence-electron chi connectivity index (χ4n) is 3.89. The maximum atomic E-state index is 13.0. The third-order valence-corrected chi connectivity index (χ3v) is 7.49. The van der Waals surface area contributed by atoms with E-state index in [0.29, 0.717) is 5.56 Å². The molecular weight excluding hydrogens is 520 g/mol. The Balaban J connectivity index is 1.68. The maximum absolute atomic E-state index is 13.0. The number of thiocarbonyl (C=S) groups is 1. The van der Waals surface area contributed by atoms with Gasteiger partial charge >= 0.3 is 0 Å². The third kappa shape index (κ3) is 8.20. The molecule has 0 spiro atoms. The number of carbonyl (C=O) groups excluding carboxylic acids is 2. The van der Waals surface area contributed by atoms with E-state index >= 15 is 0 Å². The Bertz CT molecular complexity index is 1310. The molecule has 10 heteroatoms. The molecule has 0 fully saturated rings. The second-order valence-corrected chi connectivity index (χ2v) is 11.4. The summed E-state index contributed by atoms with van der Waals surface area (Å²) in [5.74, 6) is -0.983. The van der Waals surface area contributed by atoms with Crippen molar-refractivity contribution in [3.8, 4) is 0 Å². The summed E-state index contributed by atoms with van der Waals surface area (Å²) in [7, 11) is -4.02. The molecule has 0 heterocycles. The van der Waals surface area contributed by atoms with Crippen LogP contribution in [0, 0.1) is 5.92 Å². The Kier molecular flexibility index (Phi) is 10.1. The summed E-state index contributed by atoms with van der Waals surface area (Å²) in [5.41, 5.74) is 7.90. The zero-order chi connectivity index (χ0) is 27.7. The minimum absolute atomic E-state index is 0.0137. The van der Waals surface area contributed by atoms with Crippen molar-refractivity contribution in [2.75, 3.05) is 6.54 Å². The average Bonchev–Trinajstić information content (AvgIpc) is 2.90. The third-order valence-electron chi connectivity index (χ3n) is 5.76. The lowest BCUT2D eigenvalue weighted by Gasteiger charge is -2.22. The van der Waals surface area contributed by atoms with E-state index in [1.54, 1.807) is 0 Å². The van der Waals surface area contributed by atoms with Crippen molar-refractivity contribution in [1.29, 1.82) is 0 Å². The van der Waals surface area contributed by atoms with Gasteiger partial charge < -0.3 is 16.4 Å². The molecule has 1 atom stereocenters. The smallest absolute Gasteiger partial charge is 0.241 e. The number of benzene rings is 3. The van der Waals surface area contributed by atoms with Crippen molar-refractivity contribution >= 4 is 39.0 Å². The largest absolute Gasteiger partial charge is 0.389 e. The Morgan fingerprint density at radius 3 is 1.87 bits per heavy atom. The molecular formula is C28H32N4O4S2. The highest BCUT2D eigenvalue weighted by Gasteiger charge is 2.27. The van der Waals surface area contributed by atoms with E-state index in [-0.39, 0.29) is 28.8 Å². The van der Waals surface area contributed by atoms with Crippen LogP contribution < -0.4 is 21.1 Å². The summed E-state index contributed by atoms with van der Waals surface area (Å²) in [6, 6.07) is 23.3. The molecule has 0 bridgehead atoms. The Labute approximate surface area is 229 Å². The van der Waals surface area contributed by atoms with Gasteiger partial charge in [0, 0.05) is 5.56 Å². The first-order valence-electron chi connectivity index (χ1n) is 12.2. The van der Waals surface area contributed by atoms with Gasteiger partial charge in [0.25, 0.3) is 0 Å². The summed E-state index contributed by atoms with van der Waals surface area (Å²) in [5, 5.41) is 5.54. The van der Waals surface area contributed by atoms with E-state index in [1.165, 1.54) is 24.3 Å². The predicted octanol–water partition coefficient (Wildman–Crippen LogP) is 3.04. The van der Waals surface area contributed by atoms with Gasteiger partial charge in [-0.25, -0.2) is 8.42 Å². The van der Waals surface area contributed by atoms with Crippen molar-refractivity contribution in [2.24, 2.45) is 11.7 Å². The number of sulfonamides is 1. The molecule has 5 N–H and O–H groups in total. The van der Waals surface area contributed by atoms with Gasteiger partial charge in [-0.3, -0.25) is 9.59 Å². The minimum Gasteiger partial charge on any atom is -0.389 e. The number of nitrogens with two attached hydrogens (primary N) is 1. The maximum Gasteiger partial charge on any atom is 0.241 e. The number of rotatable bonds is 12. The van der Waals surface area contributed by atoms with Gasteiger partial charge in [-0.05, 0) is 35.6 Å². The van der Waals surface area contributed by atoms with Gasteiger partial charge in [0.15, 0.2) is 0 Å². The Hall–Kier alpha value is -3.60. The van der Waals surface area contributed by atoms with Gasteiger partial charge in [-0.15, -0.1) is 0 Å². The van der Waals surface area contributed by atoms with Gasteiger partial charge in [0.05, 0.1) is 17.5 Å². The Morgan fingerprint density at radius 2 is 1.39 bits per heavy atom. The molecule has 3 aromatic carbocycles. The van der Waals surface area contributed by atoms with Crippen molar-refractivity contribution in [2.45, 2.75) is 37.2 Å². The summed E-state index contributed by atoms with van der Waals surface area (Å²) < 4.78 is 28.4. The molecule has 0 aliphatic rings. The summed E-state index contributed by atoms with van der Waals surface area (Å²) in [6.45, 7) is 3.44. The number of nitrogens with one attached hydrogen (secondary N) is 3. The first kappa shape index (κ1) is 29.0. The fraction of sp³-hybridized carbons (Fsp3) is 0.250. The molecule has 0 saturated heterocycles. The van der Waals surface area contributed by atoms with E-state index in [2.05, 4.69) is 15.4 Å². The molecule has 0 aromatic heterocycles. The van der Waals surface area contributed by atoms with Crippen LogP contribution in [0.5, 0.6) is 0 Å². The van der Waals surface area contributed by atoms with Gasteiger partial charge in [0.2, 0.25) is 21.8 Å². The lowest BCUT2D eigenvalue weighted by Crippen LogP contribution is -2.49. The van der Waals surface area contributed by atoms with E-state index in [9.17, 15) is 18.0 Å². The van der Waals surface area contributed by atoms with E-state index in [1.807, 2.05) is 74.5 Å². The van der Waals surface area contributed by atoms with E-state index in [0.717, 1.165) is 11.1 Å². The zero-order valence-corrected chi connectivity index (χ0v) is 22.9. The SMILES string of the molecule is CC(C)C[C@H](NS(=O)(=O)c1ccc(C(N)=S)cc1)C(=O)NCC(=O)NC(c1ccccc1)c1ccccc1. The van der Waals surface area contributed by atoms with Gasteiger partial charge in [-0.1, -0.05) is 98.9 Å². The lowest BCUT2D eigenvalue weighted by molar-refractivity contribution is -0.127. The van der Waals surface area contributed by atoms with Crippen molar-refractivity contribution in [3.63, 3.8) is 0 Å². The van der Waals surface area contributed by atoms with E-state index in [4.69, 9.17) is 18.0 Å². The quantitative estimate of drug-likeness (QED) is 0.256. The standard InChI is InChI=1S/C28H32N4O4S2/c1-19(2)17-24(32-38(35,36)23-15-13-22(14-16-23)27(29)37)28(34)30-18-25(33)31-26(20-9-5-3-6-10-20)21-11-7-4-8-12-21/h3-16,19,24,26,32H,17-18H2,1-2H3,(H2,29,37)(H,30,34)(H,31,33)/t24-/m0/s1. The highest BCUT2D eigenvalue weighted by atomic mass is 32.2. The lowest BCUT2D eigenvalue weighted by atomic mass is 9.99. The second-order valence-electron chi connectivity index (χ2n) is 9.23. The minimum atomic E-state index is -4.02. The number of carbonyl (C=O) groups is 2. The van der Waals surface area contributed by atoms with Crippen LogP contribution in [0.15, 0.2) is 89.8 Å². The highest BCUT2D eigenvalue weighted by molar-refractivity contribution is 7.89. The van der Waals surface area contributed by atoms with Crippen LogP contribution in [0.4, 0.5) is 0 Å². The topological polar surface area (TPSA) is 130 Å². The van der Waals surface area contributed by atoms with Crippen LogP contribution in [0.1, 0.15) is 43.0 Å². The predicted molar refractivity (Wildman–Crippen MR) is 152 cm³/mol. The first-order chi connectivity index (χ1) is 18.1. The van der Waals surface area contributed by atoms with Gasteiger partial charge in [0.1, 0.15) is 11.0 Å². The molecule has 0 saturated carbocycles. The Morgan fingerprint density at radius 1 is 0.868 bits per heavy atom. The fourth-order valence-corrected chi connectivity index (χ4v) is 5.23. The van der Waals surface area contributed by atoms with Crippen LogP contribution >= 0.6 is 12.2 Å². The summed E-state index contributed by atoms with van der Waals surface area (Å²) in [4.78, 5) is 26.0. The summed E-state index contributed by atoms with van der Waals surface area (Å²) in [6.07, 6.45) is 0.244. The van der Waals surface area contributed by atoms with Crippen molar-refractivity contribution in [1.82, 2.24) is 15.4 Å². The monoisotopic (exact) mass is 552 g/mol. The number of hydrogen-bond donors (Lipinski definition) is 4. The molecule has 38 heavy (non-hydrogen) atoms. The molecule has 0 unspecified atom stereocenters. The molecule has 0 radical (unpaired) electrons. The van der Waals surface area contributed by atoms with Crippen LogP contribution in [0.3, 0.4) is 0 Å². The van der Waals surface area contributed by atoms with Crippen LogP contribution in [0.2, 0.25) is 0 Å². The number of amides is 2. The molecule has 0 aliphatic heterocycles. The summed E-state index contributed by atoms with van der Waals surface area (Å²) >= 11 is 4.91. The van der Waals surface area contributed by atoms with Crippen LogP contribution in [-0.2, 0) is 19.6 Å². The van der Waals surface area contributed by atoms with Crippen LogP contribution in [-0.4, -0.2) is 37.8 Å². The van der Waals surface area contributed by atoms with Gasteiger partial charge in [-0.2, -0.15) is 4.72 Å². The van der Waals surface area contributed by atoms with Crippen molar-refractivity contribution < 1.29 is 18.0 Å². The van der Waals surface area contributed by atoms with Crippen molar-refractivity contribution in [3.05, 3.63) is 102 Å². The van der Waals surface area contributed by atoms with E-state index < -0.39 is 33.9 Å². The molecule has 8 nitrogen and oxygen atoms in total. The molecule has 0 aliphatic carbocycles. The normalized spacial score (nSPS) is 12.2. The highest BCUT2D eigenvalue weighted by Crippen LogP contribution is 2.21. The first-order valence-corrected chi connectivity index (χ1v) is 14.0. The molecule has 200 valence electrons. The molecule has 3 rings (SSSR count).